The van der Waals surface area contributed by atoms with Gasteiger partial charge in [0, 0.05) is 37.0 Å². The highest BCUT2D eigenvalue weighted by Crippen LogP contribution is 2.14. The summed E-state index contributed by atoms with van der Waals surface area (Å²) < 4.78 is 5.44. The number of urea groups is 1. The van der Waals surface area contributed by atoms with Gasteiger partial charge in [0.15, 0.2) is 0 Å². The highest BCUT2D eigenvalue weighted by molar-refractivity contribution is 5.92. The maximum Gasteiger partial charge on any atom is 0.319 e. The highest BCUT2D eigenvalue weighted by atomic mass is 35.5. The normalized spacial score (nSPS) is 17.5. The summed E-state index contributed by atoms with van der Waals surface area (Å²) in [5, 5.41) is 8.28. The molecule has 1 saturated heterocycles. The summed E-state index contributed by atoms with van der Waals surface area (Å²) in [6.07, 6.45) is 2.41. The second-order valence-corrected chi connectivity index (χ2v) is 5.78. The van der Waals surface area contributed by atoms with Gasteiger partial charge >= 0.3 is 6.03 Å². The molecule has 1 aliphatic heterocycles. The lowest BCUT2D eigenvalue weighted by Gasteiger charge is -2.12. The Balaban J connectivity index is 0.00000288. The summed E-state index contributed by atoms with van der Waals surface area (Å²) >= 11 is 0. The molecule has 1 aromatic rings. The number of rotatable bonds is 6. The number of carbonyl (C=O) groups is 2. The lowest BCUT2D eigenvalue weighted by molar-refractivity contribution is -0.116. The van der Waals surface area contributed by atoms with Crippen LogP contribution in [0.15, 0.2) is 24.3 Å². The molecule has 5 N–H and O–H groups in total. The van der Waals surface area contributed by atoms with Gasteiger partial charge in [0.05, 0.1) is 6.10 Å². The van der Waals surface area contributed by atoms with E-state index in [-0.39, 0.29) is 42.9 Å². The molecule has 0 spiro atoms. The zero-order valence-corrected chi connectivity index (χ0v) is 14.5. The molecule has 3 amide bonds. The zero-order chi connectivity index (χ0) is 16.7. The Morgan fingerprint density at radius 3 is 2.42 bits per heavy atom. The third-order valence-corrected chi connectivity index (χ3v) is 3.45. The minimum absolute atomic E-state index is 0. The largest absolute Gasteiger partial charge is 0.376 e. The van der Waals surface area contributed by atoms with Gasteiger partial charge in [-0.3, -0.25) is 4.79 Å². The van der Waals surface area contributed by atoms with E-state index < -0.39 is 0 Å². The number of halogens is 1. The molecule has 0 saturated carbocycles. The van der Waals surface area contributed by atoms with E-state index in [4.69, 9.17) is 10.5 Å². The molecular weight excluding hydrogens is 332 g/mol. The first kappa shape index (κ1) is 20.2. The molecule has 1 aromatic carbocycles. The summed E-state index contributed by atoms with van der Waals surface area (Å²) in [6, 6.07) is 6.47. The molecule has 2 rings (SSSR count). The third-order valence-electron chi connectivity index (χ3n) is 3.45. The van der Waals surface area contributed by atoms with Crippen LogP contribution < -0.4 is 21.7 Å². The fourth-order valence-corrected chi connectivity index (χ4v) is 2.33. The molecule has 0 aliphatic carbocycles. The molecule has 0 bridgehead atoms. The second-order valence-electron chi connectivity index (χ2n) is 5.78. The number of nitrogens with two attached hydrogens (primary N) is 1. The molecule has 2 unspecified atom stereocenters. The number of anilines is 2. The van der Waals surface area contributed by atoms with Gasteiger partial charge in [0.25, 0.3) is 0 Å². The first-order chi connectivity index (χ1) is 11.0. The van der Waals surface area contributed by atoms with E-state index in [0.717, 1.165) is 19.4 Å². The average Bonchev–Trinajstić information content (AvgIpc) is 3.00. The van der Waals surface area contributed by atoms with Crippen LogP contribution in [-0.2, 0) is 9.53 Å². The summed E-state index contributed by atoms with van der Waals surface area (Å²) in [6.45, 7) is 3.06. The second kappa shape index (κ2) is 10.1. The van der Waals surface area contributed by atoms with Crippen LogP contribution in [-0.4, -0.2) is 37.2 Å². The van der Waals surface area contributed by atoms with Crippen molar-refractivity contribution in [3.8, 4) is 0 Å². The van der Waals surface area contributed by atoms with Gasteiger partial charge in [0.1, 0.15) is 0 Å². The predicted octanol–water partition coefficient (Wildman–Crippen LogP) is 2.08. The topological polar surface area (TPSA) is 105 Å². The Morgan fingerprint density at radius 2 is 1.88 bits per heavy atom. The maximum atomic E-state index is 11.8. The highest BCUT2D eigenvalue weighted by Gasteiger charge is 2.16. The van der Waals surface area contributed by atoms with E-state index in [1.165, 1.54) is 0 Å². The van der Waals surface area contributed by atoms with Crippen molar-refractivity contribution in [2.24, 2.45) is 5.73 Å². The van der Waals surface area contributed by atoms with Crippen molar-refractivity contribution >= 4 is 35.7 Å². The number of hydrogen-bond donors (Lipinski definition) is 4. The zero-order valence-electron chi connectivity index (χ0n) is 13.7. The smallest absolute Gasteiger partial charge is 0.319 e. The minimum atomic E-state index is -0.269. The van der Waals surface area contributed by atoms with E-state index in [2.05, 4.69) is 16.0 Å². The monoisotopic (exact) mass is 356 g/mol. The van der Waals surface area contributed by atoms with Crippen molar-refractivity contribution in [3.63, 3.8) is 0 Å². The van der Waals surface area contributed by atoms with Crippen molar-refractivity contribution in [1.29, 1.82) is 0 Å². The Kier molecular flexibility index (Phi) is 8.53. The van der Waals surface area contributed by atoms with Crippen LogP contribution in [0.25, 0.3) is 0 Å². The number of carbonyl (C=O) groups excluding carboxylic acids is 2. The summed E-state index contributed by atoms with van der Waals surface area (Å²) in [7, 11) is 0. The molecule has 0 radical (unpaired) electrons. The van der Waals surface area contributed by atoms with Crippen LogP contribution in [0.5, 0.6) is 0 Å². The fourth-order valence-electron chi connectivity index (χ4n) is 2.33. The van der Waals surface area contributed by atoms with Crippen molar-refractivity contribution in [2.75, 3.05) is 23.8 Å². The van der Waals surface area contributed by atoms with E-state index in [1.54, 1.807) is 31.2 Å². The Morgan fingerprint density at radius 1 is 1.25 bits per heavy atom. The van der Waals surface area contributed by atoms with Crippen LogP contribution in [0.1, 0.15) is 26.2 Å². The van der Waals surface area contributed by atoms with Crippen molar-refractivity contribution < 1.29 is 14.3 Å². The number of hydrogen-bond acceptors (Lipinski definition) is 4. The van der Waals surface area contributed by atoms with E-state index in [0.29, 0.717) is 17.9 Å². The molecule has 0 aromatic heterocycles. The van der Waals surface area contributed by atoms with Crippen molar-refractivity contribution in [1.82, 2.24) is 5.32 Å². The molecule has 7 nitrogen and oxygen atoms in total. The third kappa shape index (κ3) is 7.16. The van der Waals surface area contributed by atoms with Crippen LogP contribution in [0.2, 0.25) is 0 Å². The standard InChI is InChI=1S/C16H24N4O3.ClH/c1-11(17)9-15(21)19-12-4-6-13(7-5-12)20-16(22)18-10-14-3-2-8-23-14;/h4-7,11,14H,2-3,8-10,17H2,1H3,(H,19,21)(H2,18,20,22);1H. The molecular formula is C16H25ClN4O3. The molecule has 1 aliphatic rings. The van der Waals surface area contributed by atoms with Crippen molar-refractivity contribution in [3.05, 3.63) is 24.3 Å². The Hall–Kier alpha value is -1.83. The van der Waals surface area contributed by atoms with E-state index in [1.807, 2.05) is 0 Å². The molecule has 1 heterocycles. The molecule has 1 fully saturated rings. The maximum absolute atomic E-state index is 11.8. The van der Waals surface area contributed by atoms with E-state index in [9.17, 15) is 9.59 Å². The number of nitrogens with one attached hydrogen (secondary N) is 3. The first-order valence-corrected chi connectivity index (χ1v) is 7.85. The van der Waals surface area contributed by atoms with Gasteiger partial charge in [-0.2, -0.15) is 0 Å². The van der Waals surface area contributed by atoms with Crippen molar-refractivity contribution in [2.45, 2.75) is 38.3 Å². The quantitative estimate of drug-likeness (QED) is 0.626. The van der Waals surface area contributed by atoms with Crippen LogP contribution in [0, 0.1) is 0 Å². The van der Waals surface area contributed by atoms with Gasteiger partial charge in [-0.05, 0) is 44.0 Å². The van der Waals surface area contributed by atoms with Gasteiger partial charge in [-0.15, -0.1) is 12.4 Å². The molecule has 24 heavy (non-hydrogen) atoms. The van der Waals surface area contributed by atoms with Crippen LogP contribution in [0.4, 0.5) is 16.2 Å². The summed E-state index contributed by atoms with van der Waals surface area (Å²) in [5.41, 5.74) is 6.90. The Labute approximate surface area is 148 Å². The minimum Gasteiger partial charge on any atom is -0.376 e. The fraction of sp³-hybridized carbons (Fsp3) is 0.500. The Bertz CT molecular complexity index is 531. The lowest BCUT2D eigenvalue weighted by atomic mass is 10.2. The van der Waals surface area contributed by atoms with Crippen LogP contribution >= 0.6 is 12.4 Å². The SMILES string of the molecule is CC(N)CC(=O)Nc1ccc(NC(=O)NCC2CCCO2)cc1.Cl. The van der Waals surface area contributed by atoms with Gasteiger partial charge in [0.2, 0.25) is 5.91 Å². The lowest BCUT2D eigenvalue weighted by Crippen LogP contribution is -2.35. The number of amides is 3. The predicted molar refractivity (Wildman–Crippen MR) is 96.6 cm³/mol. The summed E-state index contributed by atoms with van der Waals surface area (Å²) in [5.74, 6) is -0.130. The van der Waals surface area contributed by atoms with E-state index >= 15 is 0 Å². The molecule has 134 valence electrons. The molecule has 8 heteroatoms. The first-order valence-electron chi connectivity index (χ1n) is 7.85. The molecule has 2 atom stereocenters. The summed E-state index contributed by atoms with van der Waals surface area (Å²) in [4.78, 5) is 23.4. The number of benzene rings is 1. The van der Waals surface area contributed by atoms with Gasteiger partial charge < -0.3 is 26.4 Å². The average molecular weight is 357 g/mol. The van der Waals surface area contributed by atoms with Gasteiger partial charge in [-0.25, -0.2) is 4.79 Å². The van der Waals surface area contributed by atoms with Crippen LogP contribution in [0.3, 0.4) is 0 Å². The number of ether oxygens (including phenoxy) is 1. The van der Waals surface area contributed by atoms with Gasteiger partial charge in [-0.1, -0.05) is 0 Å².